The minimum Gasteiger partial charge on any atom is -0.461 e. The van der Waals surface area contributed by atoms with Gasteiger partial charge < -0.3 is 20.3 Å². The van der Waals surface area contributed by atoms with E-state index in [0.717, 1.165) is 0 Å². The van der Waals surface area contributed by atoms with Crippen LogP contribution in [-0.4, -0.2) is 27.9 Å². The van der Waals surface area contributed by atoms with Crippen molar-refractivity contribution in [2.75, 3.05) is 12.4 Å². The second-order valence-electron chi connectivity index (χ2n) is 3.32. The molecule has 0 atom stereocenters. The van der Waals surface area contributed by atoms with E-state index in [1.165, 1.54) is 7.11 Å². The van der Waals surface area contributed by atoms with Gasteiger partial charge in [-0.1, -0.05) is 6.07 Å². The number of benzene rings is 1. The van der Waals surface area contributed by atoms with Crippen molar-refractivity contribution in [3.63, 3.8) is 0 Å². The van der Waals surface area contributed by atoms with Crippen LogP contribution in [0, 0.1) is 0 Å². The van der Waals surface area contributed by atoms with Gasteiger partial charge in [-0.25, -0.2) is 4.79 Å². The zero-order valence-corrected chi connectivity index (χ0v) is 10.5. The van der Waals surface area contributed by atoms with Crippen molar-refractivity contribution >= 4 is 28.0 Å². The van der Waals surface area contributed by atoms with Gasteiger partial charge in [-0.2, -0.15) is 0 Å². The fourth-order valence-corrected chi connectivity index (χ4v) is 1.68. The number of aliphatic hydroxyl groups excluding tert-OH is 2. The van der Waals surface area contributed by atoms with Crippen molar-refractivity contribution in [3.8, 4) is 0 Å². The molecule has 0 saturated carbocycles. The summed E-state index contributed by atoms with van der Waals surface area (Å²) in [6.07, 6.45) is 0. The summed E-state index contributed by atoms with van der Waals surface area (Å²) >= 11 is 0.385. The number of carbonyl (C=O) groups is 2. The molecule has 0 heterocycles. The van der Waals surface area contributed by atoms with Crippen LogP contribution in [0.5, 0.6) is 0 Å². The van der Waals surface area contributed by atoms with Gasteiger partial charge in [-0.05, 0) is 23.3 Å². The Morgan fingerprint density at radius 1 is 1.22 bits per heavy atom. The number of hydrogen-bond donors (Lipinski definition) is 3. The van der Waals surface area contributed by atoms with E-state index in [-0.39, 0.29) is 13.2 Å². The number of rotatable bonds is 3. The van der Waals surface area contributed by atoms with Crippen molar-refractivity contribution in [2.24, 2.45) is 0 Å². The van der Waals surface area contributed by atoms with Crippen LogP contribution in [0.25, 0.3) is 0 Å². The normalized spacial score (nSPS) is 9.94. The first-order chi connectivity index (χ1) is 8.58. The molecule has 0 aliphatic carbocycles. The number of ether oxygens (including phenoxy) is 1. The summed E-state index contributed by atoms with van der Waals surface area (Å²) in [5.74, 6) is 0. The van der Waals surface area contributed by atoms with E-state index in [2.05, 4.69) is 10.1 Å². The molecule has 1 aromatic carbocycles. The summed E-state index contributed by atoms with van der Waals surface area (Å²) < 4.78 is 4.33. The monoisotopic (exact) mass is 271 g/mol. The minimum absolute atomic E-state index is 0.207. The van der Waals surface area contributed by atoms with E-state index < -0.39 is 10.5 Å². The Balaban J connectivity index is 2.77. The summed E-state index contributed by atoms with van der Waals surface area (Å²) in [4.78, 5) is 22.3. The van der Waals surface area contributed by atoms with Gasteiger partial charge in [-0.3, -0.25) is 4.79 Å². The van der Waals surface area contributed by atoms with Gasteiger partial charge in [0.1, 0.15) is 0 Å². The molecular weight excluding hydrogens is 258 g/mol. The number of amides is 1. The van der Waals surface area contributed by atoms with E-state index in [9.17, 15) is 9.59 Å². The van der Waals surface area contributed by atoms with Gasteiger partial charge >= 0.3 is 5.30 Å². The average Bonchev–Trinajstić information content (AvgIpc) is 2.37. The van der Waals surface area contributed by atoms with Gasteiger partial charge in [0.2, 0.25) is 0 Å². The summed E-state index contributed by atoms with van der Waals surface area (Å²) in [6.45, 7) is -0.415. The van der Waals surface area contributed by atoms with Gasteiger partial charge in [0.15, 0.2) is 0 Å². The SMILES string of the molecule is COC(=O)SC(=O)Nc1cc(CO)cc(CO)c1. The number of aliphatic hydroxyl groups is 2. The largest absolute Gasteiger partial charge is 0.461 e. The Labute approximate surface area is 108 Å². The maximum absolute atomic E-state index is 11.4. The lowest BCUT2D eigenvalue weighted by molar-refractivity contribution is 0.200. The standard InChI is InChI=1S/C11H13NO5S/c1-17-11(16)18-10(15)12-9-3-7(5-13)2-8(4-9)6-14/h2-4,13-14H,5-6H2,1H3,(H,12,15). The molecule has 18 heavy (non-hydrogen) atoms. The van der Waals surface area contributed by atoms with Gasteiger partial charge in [-0.15, -0.1) is 0 Å². The first-order valence-electron chi connectivity index (χ1n) is 5.00. The summed E-state index contributed by atoms with van der Waals surface area (Å²) in [7, 11) is 1.18. The number of thioether (sulfide) groups is 1. The number of methoxy groups -OCH3 is 1. The molecule has 0 bridgehead atoms. The summed E-state index contributed by atoms with van der Waals surface area (Å²) in [6, 6.07) is 4.72. The second-order valence-corrected chi connectivity index (χ2v) is 4.23. The molecule has 0 saturated heterocycles. The Bertz CT molecular complexity index is 427. The molecule has 0 aliphatic rings. The van der Waals surface area contributed by atoms with E-state index in [0.29, 0.717) is 28.6 Å². The molecule has 1 rings (SSSR count). The highest BCUT2D eigenvalue weighted by atomic mass is 32.2. The third kappa shape index (κ3) is 4.36. The fraction of sp³-hybridized carbons (Fsp3) is 0.273. The fourth-order valence-electron chi connectivity index (χ4n) is 1.28. The second kappa shape index (κ2) is 7.00. The molecular formula is C11H13NO5S. The Kier molecular flexibility index (Phi) is 5.63. The molecule has 1 amide bonds. The van der Waals surface area contributed by atoms with E-state index in [4.69, 9.17) is 10.2 Å². The Morgan fingerprint density at radius 2 is 1.78 bits per heavy atom. The molecule has 3 N–H and O–H groups in total. The predicted octanol–water partition coefficient (Wildman–Crippen LogP) is 1.70. The van der Waals surface area contributed by atoms with Crippen LogP contribution in [0.3, 0.4) is 0 Å². The van der Waals surface area contributed by atoms with Crippen LogP contribution >= 0.6 is 11.8 Å². The van der Waals surface area contributed by atoms with Crippen molar-refractivity contribution in [1.82, 2.24) is 0 Å². The van der Waals surface area contributed by atoms with Crippen LogP contribution in [0.15, 0.2) is 18.2 Å². The first-order valence-corrected chi connectivity index (χ1v) is 5.82. The zero-order chi connectivity index (χ0) is 13.5. The topological polar surface area (TPSA) is 95.9 Å². The first kappa shape index (κ1) is 14.5. The zero-order valence-electron chi connectivity index (χ0n) is 9.67. The highest BCUT2D eigenvalue weighted by Crippen LogP contribution is 2.18. The minimum atomic E-state index is -0.715. The number of carbonyl (C=O) groups excluding carboxylic acids is 2. The van der Waals surface area contributed by atoms with E-state index in [1.807, 2.05) is 0 Å². The molecule has 0 fully saturated rings. The Hall–Kier alpha value is -1.57. The molecule has 0 aliphatic heterocycles. The van der Waals surface area contributed by atoms with Crippen LogP contribution in [0.2, 0.25) is 0 Å². The maximum Gasteiger partial charge on any atom is 0.376 e. The smallest absolute Gasteiger partial charge is 0.376 e. The molecule has 0 aromatic heterocycles. The van der Waals surface area contributed by atoms with Gasteiger partial charge in [0.05, 0.1) is 32.1 Å². The molecule has 98 valence electrons. The number of nitrogens with one attached hydrogen (secondary N) is 1. The van der Waals surface area contributed by atoms with E-state index in [1.54, 1.807) is 18.2 Å². The van der Waals surface area contributed by atoms with Crippen molar-refractivity contribution in [3.05, 3.63) is 29.3 Å². The molecule has 6 nitrogen and oxygen atoms in total. The molecule has 0 unspecified atom stereocenters. The van der Waals surface area contributed by atoms with Crippen LogP contribution < -0.4 is 5.32 Å². The van der Waals surface area contributed by atoms with Crippen molar-refractivity contribution in [1.29, 1.82) is 0 Å². The highest BCUT2D eigenvalue weighted by Gasteiger charge is 2.11. The molecule has 7 heteroatoms. The predicted molar refractivity (Wildman–Crippen MR) is 67.3 cm³/mol. The lowest BCUT2D eigenvalue weighted by atomic mass is 10.1. The van der Waals surface area contributed by atoms with Crippen molar-refractivity contribution in [2.45, 2.75) is 13.2 Å². The third-order valence-corrected chi connectivity index (χ3v) is 2.63. The van der Waals surface area contributed by atoms with Gasteiger partial charge in [0.25, 0.3) is 5.24 Å². The Morgan fingerprint density at radius 3 is 2.22 bits per heavy atom. The maximum atomic E-state index is 11.4. The summed E-state index contributed by atoms with van der Waals surface area (Å²) in [5.41, 5.74) is 1.51. The highest BCUT2D eigenvalue weighted by molar-refractivity contribution is 8.26. The lowest BCUT2D eigenvalue weighted by Crippen LogP contribution is -2.09. The van der Waals surface area contributed by atoms with Crippen LogP contribution in [0.4, 0.5) is 15.3 Å². The van der Waals surface area contributed by atoms with Crippen molar-refractivity contribution < 1.29 is 24.5 Å². The summed E-state index contributed by atoms with van der Waals surface area (Å²) in [5, 5.41) is 19.2. The van der Waals surface area contributed by atoms with Crippen LogP contribution in [0.1, 0.15) is 11.1 Å². The van der Waals surface area contributed by atoms with Gasteiger partial charge in [0, 0.05) is 5.69 Å². The molecule has 1 aromatic rings. The van der Waals surface area contributed by atoms with E-state index >= 15 is 0 Å². The molecule has 0 spiro atoms. The molecule has 0 radical (unpaired) electrons. The van der Waals surface area contributed by atoms with Crippen LogP contribution in [-0.2, 0) is 18.0 Å². The lowest BCUT2D eigenvalue weighted by Gasteiger charge is -2.08. The third-order valence-electron chi connectivity index (χ3n) is 2.01. The number of hydrogen-bond acceptors (Lipinski definition) is 6. The quantitative estimate of drug-likeness (QED) is 0.724. The average molecular weight is 271 g/mol. The number of anilines is 1.